The van der Waals surface area contributed by atoms with E-state index >= 15 is 0 Å². The third-order valence-electron chi connectivity index (χ3n) is 2.30. The lowest BCUT2D eigenvalue weighted by atomic mass is 10.1. The summed E-state index contributed by atoms with van der Waals surface area (Å²) < 4.78 is 0.525. The van der Waals surface area contributed by atoms with Gasteiger partial charge in [0.2, 0.25) is 0 Å². The zero-order chi connectivity index (χ0) is 12.3. The number of nitrogens with one attached hydrogen (secondary N) is 1. The summed E-state index contributed by atoms with van der Waals surface area (Å²) in [5.41, 5.74) is 2.04. The van der Waals surface area contributed by atoms with Crippen molar-refractivity contribution in [2.75, 3.05) is 0 Å². The summed E-state index contributed by atoms with van der Waals surface area (Å²) in [4.78, 5) is 12.2. The van der Waals surface area contributed by atoms with Gasteiger partial charge in [-0.15, -0.1) is 0 Å². The first-order chi connectivity index (χ1) is 8.16. The van der Waals surface area contributed by atoms with Gasteiger partial charge in [-0.2, -0.15) is 0 Å². The number of thiocarbonyl (C=S) groups is 1. The van der Waals surface area contributed by atoms with E-state index in [4.69, 9.17) is 12.2 Å². The Morgan fingerprint density at radius 1 is 1.35 bits per heavy atom. The third kappa shape index (κ3) is 3.05. The second kappa shape index (κ2) is 5.29. The number of rotatable bonds is 2. The maximum Gasteiger partial charge on any atom is 0.263 e. The molecule has 1 saturated heterocycles. The lowest BCUT2D eigenvalue weighted by Crippen LogP contribution is -2.18. The number of amides is 1. The van der Waals surface area contributed by atoms with Crippen LogP contribution in [0.1, 0.15) is 12.5 Å². The number of hydrogen-bond acceptors (Lipinski definition) is 3. The summed E-state index contributed by atoms with van der Waals surface area (Å²) in [7, 11) is 0. The Morgan fingerprint density at radius 2 is 2.06 bits per heavy atom. The molecule has 0 atom stereocenters. The largest absolute Gasteiger partial charge is 0.307 e. The molecule has 0 aromatic heterocycles. The smallest absolute Gasteiger partial charge is 0.263 e. The molecule has 17 heavy (non-hydrogen) atoms. The molecule has 1 heterocycles. The van der Waals surface area contributed by atoms with Crippen LogP contribution in [0, 0.1) is 0 Å². The molecule has 4 heteroatoms. The highest BCUT2D eigenvalue weighted by atomic mass is 32.2. The monoisotopic (exact) mass is 261 g/mol. The van der Waals surface area contributed by atoms with Crippen LogP contribution in [0.15, 0.2) is 46.9 Å². The summed E-state index contributed by atoms with van der Waals surface area (Å²) in [5.74, 6) is -0.102. The van der Waals surface area contributed by atoms with Gasteiger partial charge in [0.05, 0.1) is 4.91 Å². The minimum atomic E-state index is -0.102. The topological polar surface area (TPSA) is 29.1 Å². The number of hydrogen-bond donors (Lipinski definition) is 1. The third-order valence-corrected chi connectivity index (χ3v) is 3.65. The number of carbonyl (C=O) groups excluding carboxylic acids is 1. The van der Waals surface area contributed by atoms with Gasteiger partial charge in [0.15, 0.2) is 0 Å². The quantitative estimate of drug-likeness (QED) is 0.655. The van der Waals surface area contributed by atoms with Crippen molar-refractivity contribution in [3.8, 4) is 0 Å². The highest BCUT2D eigenvalue weighted by Crippen LogP contribution is 2.27. The molecule has 1 N–H and O–H groups in total. The lowest BCUT2D eigenvalue weighted by Gasteiger charge is -1.96. The SMILES string of the molecule is CC(/C=C\c1ccccc1)=C1\SC(=S)NC1=O. The number of thioether (sulfide) groups is 1. The van der Waals surface area contributed by atoms with Crippen molar-refractivity contribution in [3.05, 3.63) is 52.4 Å². The average Bonchev–Trinajstić information content (AvgIpc) is 2.67. The fourth-order valence-corrected chi connectivity index (χ4v) is 2.48. The fraction of sp³-hybridized carbons (Fsp3) is 0.0769. The van der Waals surface area contributed by atoms with E-state index in [2.05, 4.69) is 5.32 Å². The molecule has 0 unspecified atom stereocenters. The summed E-state index contributed by atoms with van der Waals surface area (Å²) in [6.45, 7) is 1.91. The van der Waals surface area contributed by atoms with E-state index in [1.165, 1.54) is 11.8 Å². The molecule has 0 spiro atoms. The van der Waals surface area contributed by atoms with Gasteiger partial charge < -0.3 is 5.32 Å². The van der Waals surface area contributed by atoms with Crippen molar-refractivity contribution in [3.63, 3.8) is 0 Å². The van der Waals surface area contributed by atoms with Crippen LogP contribution >= 0.6 is 24.0 Å². The van der Waals surface area contributed by atoms with Gasteiger partial charge in [-0.1, -0.05) is 66.5 Å². The standard InChI is InChI=1S/C13H11NOS2/c1-9(11-12(15)14-13(16)17-11)7-8-10-5-3-2-4-6-10/h2-8H,1H3,(H,14,15,16)/b8-7-,11-9+. The Balaban J connectivity index is 2.19. The van der Waals surface area contributed by atoms with E-state index < -0.39 is 0 Å². The van der Waals surface area contributed by atoms with Crippen molar-refractivity contribution in [1.82, 2.24) is 5.32 Å². The molecule has 86 valence electrons. The fourth-order valence-electron chi connectivity index (χ4n) is 1.43. The summed E-state index contributed by atoms with van der Waals surface area (Å²) in [6.07, 6.45) is 3.92. The van der Waals surface area contributed by atoms with Gasteiger partial charge in [0, 0.05) is 0 Å². The second-order valence-electron chi connectivity index (χ2n) is 3.60. The van der Waals surface area contributed by atoms with Crippen LogP contribution in [-0.4, -0.2) is 10.2 Å². The molecule has 1 amide bonds. The second-order valence-corrected chi connectivity index (χ2v) is 5.29. The Labute approximate surface area is 110 Å². The first-order valence-corrected chi connectivity index (χ1v) is 6.36. The molecular formula is C13H11NOS2. The maximum atomic E-state index is 11.5. The Bertz CT molecular complexity index is 517. The molecule has 1 aliphatic heterocycles. The molecule has 0 aliphatic carbocycles. The van der Waals surface area contributed by atoms with Crippen LogP contribution in [0.3, 0.4) is 0 Å². The average molecular weight is 261 g/mol. The Kier molecular flexibility index (Phi) is 3.76. The van der Waals surface area contributed by atoms with E-state index in [-0.39, 0.29) is 5.91 Å². The van der Waals surface area contributed by atoms with E-state index in [0.717, 1.165) is 11.1 Å². The predicted molar refractivity (Wildman–Crippen MR) is 76.5 cm³/mol. The maximum absolute atomic E-state index is 11.5. The molecule has 2 rings (SSSR count). The van der Waals surface area contributed by atoms with Crippen molar-refractivity contribution in [2.45, 2.75) is 6.92 Å². The summed E-state index contributed by atoms with van der Waals surface area (Å²) >= 11 is 6.26. The molecule has 1 aromatic carbocycles. The van der Waals surface area contributed by atoms with Crippen molar-refractivity contribution < 1.29 is 4.79 Å². The minimum absolute atomic E-state index is 0.102. The van der Waals surface area contributed by atoms with E-state index in [0.29, 0.717) is 9.23 Å². The van der Waals surface area contributed by atoms with Crippen LogP contribution in [0.2, 0.25) is 0 Å². The van der Waals surface area contributed by atoms with Gasteiger partial charge in [-0.3, -0.25) is 4.79 Å². The highest BCUT2D eigenvalue weighted by molar-refractivity contribution is 8.26. The van der Waals surface area contributed by atoms with Crippen LogP contribution in [0.4, 0.5) is 0 Å². The lowest BCUT2D eigenvalue weighted by molar-refractivity contribution is -0.115. The highest BCUT2D eigenvalue weighted by Gasteiger charge is 2.23. The van der Waals surface area contributed by atoms with Crippen molar-refractivity contribution in [2.24, 2.45) is 0 Å². The number of carbonyl (C=O) groups is 1. The van der Waals surface area contributed by atoms with Gasteiger partial charge in [0.25, 0.3) is 5.91 Å². The number of allylic oxidation sites excluding steroid dienone is 2. The molecule has 0 radical (unpaired) electrons. The van der Waals surface area contributed by atoms with Crippen LogP contribution in [-0.2, 0) is 4.79 Å². The molecule has 1 fully saturated rings. The van der Waals surface area contributed by atoms with Gasteiger partial charge in [-0.05, 0) is 18.1 Å². The minimum Gasteiger partial charge on any atom is -0.307 e. The summed E-state index contributed by atoms with van der Waals surface area (Å²) in [6, 6.07) is 9.96. The first kappa shape index (κ1) is 12.1. The summed E-state index contributed by atoms with van der Waals surface area (Å²) in [5, 5.41) is 2.61. The molecule has 0 bridgehead atoms. The van der Waals surface area contributed by atoms with Crippen LogP contribution < -0.4 is 5.32 Å². The molecule has 1 aromatic rings. The molecule has 0 saturated carbocycles. The molecule has 2 nitrogen and oxygen atoms in total. The zero-order valence-electron chi connectivity index (χ0n) is 9.27. The molecule has 1 aliphatic rings. The van der Waals surface area contributed by atoms with E-state index in [9.17, 15) is 4.79 Å². The Hall–Kier alpha value is -1.39. The van der Waals surface area contributed by atoms with Crippen LogP contribution in [0.5, 0.6) is 0 Å². The van der Waals surface area contributed by atoms with Crippen LogP contribution in [0.25, 0.3) is 6.08 Å². The first-order valence-electron chi connectivity index (χ1n) is 5.14. The van der Waals surface area contributed by atoms with Gasteiger partial charge in [-0.25, -0.2) is 0 Å². The van der Waals surface area contributed by atoms with E-state index in [1.807, 2.05) is 49.4 Å². The van der Waals surface area contributed by atoms with E-state index in [1.54, 1.807) is 0 Å². The van der Waals surface area contributed by atoms with Gasteiger partial charge >= 0.3 is 0 Å². The normalized spacial score (nSPS) is 18.6. The van der Waals surface area contributed by atoms with Crippen molar-refractivity contribution >= 4 is 40.3 Å². The Morgan fingerprint density at radius 3 is 2.65 bits per heavy atom. The number of benzene rings is 1. The van der Waals surface area contributed by atoms with Gasteiger partial charge in [0.1, 0.15) is 4.32 Å². The van der Waals surface area contributed by atoms with Crippen molar-refractivity contribution in [1.29, 1.82) is 0 Å². The predicted octanol–water partition coefficient (Wildman–Crippen LogP) is 3.12. The molecular weight excluding hydrogens is 250 g/mol. The zero-order valence-corrected chi connectivity index (χ0v) is 10.9.